The Morgan fingerprint density at radius 2 is 1.76 bits per heavy atom. The Hall–Kier alpha value is -2.71. The lowest BCUT2D eigenvalue weighted by atomic mass is 9.95. The molecule has 1 saturated heterocycles. The van der Waals surface area contributed by atoms with Crippen molar-refractivity contribution in [1.82, 2.24) is 10.2 Å². The van der Waals surface area contributed by atoms with E-state index in [9.17, 15) is 23.2 Å². The fraction of sp³-hybridized carbons (Fsp3) is 0.640. The monoisotopic (exact) mass is 479 g/mol. The predicted molar refractivity (Wildman–Crippen MR) is 124 cm³/mol. The molecule has 2 aliphatic heterocycles. The summed E-state index contributed by atoms with van der Waals surface area (Å²) in [7, 11) is 1.85. The lowest BCUT2D eigenvalue weighted by molar-refractivity contribution is -0.134. The number of piperidine rings is 1. The van der Waals surface area contributed by atoms with E-state index in [2.05, 4.69) is 5.32 Å². The number of nitrogens with zero attached hydrogens (tertiary/aromatic N) is 2. The van der Waals surface area contributed by atoms with E-state index in [-0.39, 0.29) is 24.0 Å². The van der Waals surface area contributed by atoms with Crippen molar-refractivity contribution in [3.05, 3.63) is 29.3 Å². The molecule has 0 aromatic heterocycles. The highest BCUT2D eigenvalue weighted by molar-refractivity contribution is 6.01. The smallest absolute Gasteiger partial charge is 0.410 e. The van der Waals surface area contributed by atoms with E-state index >= 15 is 0 Å². The summed E-state index contributed by atoms with van der Waals surface area (Å²) in [5.74, 6) is -1.93. The minimum Gasteiger partial charge on any atom is -0.444 e. The van der Waals surface area contributed by atoms with Gasteiger partial charge in [0.25, 0.3) is 0 Å². The van der Waals surface area contributed by atoms with Crippen LogP contribution in [0.4, 0.5) is 19.3 Å². The molecule has 3 amide bonds. The average molecular weight is 480 g/mol. The highest BCUT2D eigenvalue weighted by atomic mass is 19.1. The molecule has 1 aromatic carbocycles. The van der Waals surface area contributed by atoms with Crippen molar-refractivity contribution in [2.45, 2.75) is 89.8 Å². The maximum absolute atomic E-state index is 13.6. The average Bonchev–Trinajstić information content (AvgIpc) is 3.17. The summed E-state index contributed by atoms with van der Waals surface area (Å²) < 4.78 is 32.3. The maximum atomic E-state index is 13.6. The molecular weight excluding hydrogens is 444 g/mol. The molecule has 4 rings (SSSR count). The number of nitrogens with one attached hydrogen (secondary N) is 1. The summed E-state index contributed by atoms with van der Waals surface area (Å²) in [5, 5.41) is 2.26. The van der Waals surface area contributed by atoms with Crippen LogP contribution in [0.1, 0.15) is 71.3 Å². The summed E-state index contributed by atoms with van der Waals surface area (Å²) >= 11 is 0. The van der Waals surface area contributed by atoms with Crippen LogP contribution in [0, 0.1) is 11.6 Å². The van der Waals surface area contributed by atoms with E-state index < -0.39 is 23.6 Å². The first-order valence-electron chi connectivity index (χ1n) is 12.0. The molecule has 188 valence electrons. The Bertz CT molecular complexity index is 925. The number of imide groups is 1. The van der Waals surface area contributed by atoms with Gasteiger partial charge in [0.15, 0.2) is 0 Å². The zero-order valence-corrected chi connectivity index (χ0v) is 20.5. The lowest BCUT2D eigenvalue weighted by Gasteiger charge is -2.32. The molecule has 1 unspecified atom stereocenters. The second kappa shape index (κ2) is 10.7. The predicted octanol–water partition coefficient (Wildman–Crippen LogP) is 4.32. The first-order valence-corrected chi connectivity index (χ1v) is 12.0. The molecule has 1 saturated carbocycles. The number of fused-ring (bicyclic) bond motifs is 1. The molecule has 34 heavy (non-hydrogen) atoms. The quantitative estimate of drug-likeness (QED) is 0.640. The van der Waals surface area contributed by atoms with Gasteiger partial charge in [0, 0.05) is 43.4 Å². The van der Waals surface area contributed by atoms with Crippen LogP contribution >= 0.6 is 0 Å². The number of rotatable bonds is 2. The van der Waals surface area contributed by atoms with Gasteiger partial charge in [-0.1, -0.05) is 19.3 Å². The Morgan fingerprint density at radius 3 is 2.38 bits per heavy atom. The van der Waals surface area contributed by atoms with Crippen LogP contribution < -0.4 is 10.2 Å². The van der Waals surface area contributed by atoms with E-state index in [4.69, 9.17) is 4.74 Å². The summed E-state index contributed by atoms with van der Waals surface area (Å²) in [5.41, 5.74) is 0.470. The van der Waals surface area contributed by atoms with Crippen LogP contribution in [-0.4, -0.2) is 54.1 Å². The number of carbonyl (C=O) groups excluding carboxylic acids is 3. The van der Waals surface area contributed by atoms with E-state index in [0.29, 0.717) is 36.7 Å². The second-order valence-electron chi connectivity index (χ2n) is 10.2. The van der Waals surface area contributed by atoms with E-state index in [0.717, 1.165) is 18.9 Å². The fourth-order valence-corrected chi connectivity index (χ4v) is 4.70. The van der Waals surface area contributed by atoms with Gasteiger partial charge in [0.2, 0.25) is 11.8 Å². The van der Waals surface area contributed by atoms with Crippen LogP contribution in [0.2, 0.25) is 0 Å². The molecule has 1 aliphatic carbocycles. The third kappa shape index (κ3) is 6.45. The fourth-order valence-electron chi connectivity index (χ4n) is 4.70. The topological polar surface area (TPSA) is 79.0 Å². The zero-order chi connectivity index (χ0) is 25.0. The SMILES string of the molecule is CN(C(=O)OC(C)(C)C)C1CCCCC1.O=C1CCC(N2CCc3c(F)cc(F)cc32)C(=O)N1. The number of benzene rings is 1. The number of hydrogen-bond donors (Lipinski definition) is 1. The van der Waals surface area contributed by atoms with Gasteiger partial charge < -0.3 is 14.5 Å². The number of hydrogen-bond acceptors (Lipinski definition) is 5. The van der Waals surface area contributed by atoms with Crippen LogP contribution in [0.5, 0.6) is 0 Å². The van der Waals surface area contributed by atoms with Gasteiger partial charge in [-0.3, -0.25) is 14.9 Å². The maximum Gasteiger partial charge on any atom is 0.410 e. The van der Waals surface area contributed by atoms with Crippen molar-refractivity contribution in [2.75, 3.05) is 18.5 Å². The van der Waals surface area contributed by atoms with Gasteiger partial charge >= 0.3 is 6.09 Å². The lowest BCUT2D eigenvalue weighted by Crippen LogP contribution is -2.52. The molecule has 2 fully saturated rings. The van der Waals surface area contributed by atoms with Crippen LogP contribution in [-0.2, 0) is 20.7 Å². The number of carbonyl (C=O) groups is 3. The number of halogens is 2. The number of ether oxygens (including phenoxy) is 1. The summed E-state index contributed by atoms with van der Waals surface area (Å²) in [6.45, 7) is 6.17. The second-order valence-corrected chi connectivity index (χ2v) is 10.2. The van der Waals surface area contributed by atoms with Crippen LogP contribution in [0.15, 0.2) is 12.1 Å². The van der Waals surface area contributed by atoms with Gasteiger partial charge in [0.1, 0.15) is 23.3 Å². The third-order valence-corrected chi connectivity index (χ3v) is 6.44. The highest BCUT2D eigenvalue weighted by Crippen LogP contribution is 2.34. The van der Waals surface area contributed by atoms with E-state index in [1.165, 1.54) is 25.3 Å². The van der Waals surface area contributed by atoms with Crippen molar-refractivity contribution in [3.8, 4) is 0 Å². The Balaban J connectivity index is 0.000000197. The standard InChI is InChI=1S/C13H12F2N2O2.C12H23NO2/c14-7-5-9(15)8-3-4-17(11(8)6-7)10-1-2-12(18)16-13(10)19;1-12(2,3)15-11(14)13(4)10-8-6-5-7-9-10/h5-6,10H,1-4H2,(H,16,18,19);10H,5-9H2,1-4H3. The third-order valence-electron chi connectivity index (χ3n) is 6.44. The summed E-state index contributed by atoms with van der Waals surface area (Å²) in [6, 6.07) is 1.95. The molecular formula is C25H35F2N3O4. The van der Waals surface area contributed by atoms with E-state index in [1.54, 1.807) is 9.80 Å². The van der Waals surface area contributed by atoms with Gasteiger partial charge in [-0.05, 0) is 52.5 Å². The minimum absolute atomic E-state index is 0.186. The largest absolute Gasteiger partial charge is 0.444 e. The van der Waals surface area contributed by atoms with Gasteiger partial charge in [-0.15, -0.1) is 0 Å². The normalized spacial score (nSPS) is 20.8. The molecule has 3 aliphatic rings. The number of anilines is 1. The molecule has 1 aromatic rings. The van der Waals surface area contributed by atoms with Gasteiger partial charge in [-0.2, -0.15) is 0 Å². The van der Waals surface area contributed by atoms with Crippen molar-refractivity contribution in [2.24, 2.45) is 0 Å². The molecule has 1 N–H and O–H groups in total. The molecule has 9 heteroatoms. The van der Waals surface area contributed by atoms with Crippen molar-refractivity contribution < 1.29 is 27.9 Å². The molecule has 1 atom stereocenters. The van der Waals surface area contributed by atoms with Crippen molar-refractivity contribution in [1.29, 1.82) is 0 Å². The van der Waals surface area contributed by atoms with E-state index in [1.807, 2.05) is 27.8 Å². The first-order chi connectivity index (χ1) is 16.0. The highest BCUT2D eigenvalue weighted by Gasteiger charge is 2.36. The van der Waals surface area contributed by atoms with Gasteiger partial charge in [0.05, 0.1) is 0 Å². The molecule has 0 spiro atoms. The summed E-state index contributed by atoms with van der Waals surface area (Å²) in [4.78, 5) is 38.1. The zero-order valence-electron chi connectivity index (χ0n) is 20.5. The van der Waals surface area contributed by atoms with Crippen LogP contribution in [0.3, 0.4) is 0 Å². The molecule has 2 heterocycles. The minimum atomic E-state index is -0.657. The molecule has 7 nitrogen and oxygen atoms in total. The number of amides is 3. The Kier molecular flexibility index (Phi) is 8.15. The van der Waals surface area contributed by atoms with Crippen molar-refractivity contribution >= 4 is 23.6 Å². The first kappa shape index (κ1) is 25.9. The summed E-state index contributed by atoms with van der Waals surface area (Å²) in [6.07, 6.45) is 6.90. The molecule has 0 bridgehead atoms. The van der Waals surface area contributed by atoms with Gasteiger partial charge in [-0.25, -0.2) is 13.6 Å². The Labute approximate surface area is 199 Å². The van der Waals surface area contributed by atoms with Crippen molar-refractivity contribution in [3.63, 3.8) is 0 Å². The molecule has 0 radical (unpaired) electrons. The van der Waals surface area contributed by atoms with Crippen LogP contribution in [0.25, 0.3) is 0 Å². The Morgan fingerprint density at radius 1 is 1.09 bits per heavy atom.